The van der Waals surface area contributed by atoms with Crippen molar-refractivity contribution >= 4 is 11.2 Å². The summed E-state index contributed by atoms with van der Waals surface area (Å²) in [6, 6.07) is 0.00486. The molecule has 0 radical (unpaired) electrons. The van der Waals surface area contributed by atoms with Gasteiger partial charge in [-0.1, -0.05) is 0 Å². The zero-order valence-corrected chi connectivity index (χ0v) is 9.74. The molecule has 1 fully saturated rings. The van der Waals surface area contributed by atoms with Crippen LogP contribution < -0.4 is 16.6 Å². The SMILES string of the molecule is COC1CNC(c2nc3[nH]c(=O)[nH]c(=O)c3[nH]2)C1. The van der Waals surface area contributed by atoms with Crippen LogP contribution in [-0.2, 0) is 4.74 Å². The molecule has 0 aliphatic carbocycles. The van der Waals surface area contributed by atoms with Crippen molar-refractivity contribution in [3.05, 3.63) is 26.7 Å². The van der Waals surface area contributed by atoms with E-state index in [0.717, 1.165) is 13.0 Å². The summed E-state index contributed by atoms with van der Waals surface area (Å²) in [4.78, 5) is 34.5. The largest absolute Gasteiger partial charge is 0.380 e. The molecule has 96 valence electrons. The number of nitrogens with one attached hydrogen (secondary N) is 4. The molecule has 2 aromatic rings. The Balaban J connectivity index is 2.02. The number of rotatable bonds is 2. The maximum atomic E-state index is 11.6. The number of fused-ring (bicyclic) bond motifs is 1. The predicted molar refractivity (Wildman–Crippen MR) is 63.5 cm³/mol. The van der Waals surface area contributed by atoms with Gasteiger partial charge in [0.15, 0.2) is 5.65 Å². The van der Waals surface area contributed by atoms with E-state index in [1.54, 1.807) is 7.11 Å². The molecule has 3 heterocycles. The number of methoxy groups -OCH3 is 1. The lowest BCUT2D eigenvalue weighted by molar-refractivity contribution is 0.117. The van der Waals surface area contributed by atoms with Crippen molar-refractivity contribution in [1.82, 2.24) is 25.3 Å². The number of hydrogen-bond donors (Lipinski definition) is 4. The number of aromatic amines is 3. The Hall–Kier alpha value is -1.93. The highest BCUT2D eigenvalue weighted by Gasteiger charge is 2.27. The van der Waals surface area contributed by atoms with Gasteiger partial charge in [-0.15, -0.1) is 0 Å². The molecule has 0 bridgehead atoms. The minimum atomic E-state index is -0.556. The van der Waals surface area contributed by atoms with Crippen LogP contribution in [0, 0.1) is 0 Å². The molecule has 4 N–H and O–H groups in total. The summed E-state index contributed by atoms with van der Waals surface area (Å²) >= 11 is 0. The molecular weight excluding hydrogens is 238 g/mol. The van der Waals surface area contributed by atoms with Crippen LogP contribution in [0.15, 0.2) is 9.59 Å². The van der Waals surface area contributed by atoms with Gasteiger partial charge in [-0.3, -0.25) is 14.8 Å². The van der Waals surface area contributed by atoms with E-state index in [-0.39, 0.29) is 23.3 Å². The average Bonchev–Trinajstić information content (AvgIpc) is 2.93. The molecule has 2 atom stereocenters. The Morgan fingerprint density at radius 1 is 1.28 bits per heavy atom. The number of H-pyrrole nitrogens is 3. The second-order valence-corrected chi connectivity index (χ2v) is 4.31. The molecule has 0 aromatic carbocycles. The summed E-state index contributed by atoms with van der Waals surface area (Å²) in [5.74, 6) is 0.636. The fourth-order valence-corrected chi connectivity index (χ4v) is 2.21. The minimum Gasteiger partial charge on any atom is -0.380 e. The first kappa shape index (κ1) is 11.2. The lowest BCUT2D eigenvalue weighted by Gasteiger charge is -2.05. The normalized spacial score (nSPS) is 23.8. The molecule has 0 amide bonds. The number of hydrogen-bond acceptors (Lipinski definition) is 5. The van der Waals surface area contributed by atoms with Gasteiger partial charge in [-0.2, -0.15) is 0 Å². The van der Waals surface area contributed by atoms with Crippen LogP contribution in [0.3, 0.4) is 0 Å². The Kier molecular flexibility index (Phi) is 2.53. The second-order valence-electron chi connectivity index (χ2n) is 4.31. The average molecular weight is 251 g/mol. The molecule has 18 heavy (non-hydrogen) atoms. The number of nitrogens with zero attached hydrogens (tertiary/aromatic N) is 1. The number of ether oxygens (including phenoxy) is 1. The minimum absolute atomic E-state index is 0.00486. The van der Waals surface area contributed by atoms with Gasteiger partial charge in [-0.25, -0.2) is 9.78 Å². The third-order valence-electron chi connectivity index (χ3n) is 3.16. The van der Waals surface area contributed by atoms with Gasteiger partial charge in [0, 0.05) is 13.7 Å². The van der Waals surface area contributed by atoms with Crippen LogP contribution >= 0.6 is 0 Å². The maximum absolute atomic E-state index is 11.6. The van der Waals surface area contributed by atoms with Crippen molar-refractivity contribution in [2.75, 3.05) is 13.7 Å². The van der Waals surface area contributed by atoms with Crippen LogP contribution in [0.4, 0.5) is 0 Å². The number of aromatic nitrogens is 4. The Morgan fingerprint density at radius 2 is 2.11 bits per heavy atom. The van der Waals surface area contributed by atoms with E-state index in [9.17, 15) is 9.59 Å². The van der Waals surface area contributed by atoms with Gasteiger partial charge in [0.05, 0.1) is 12.1 Å². The summed E-state index contributed by atoms with van der Waals surface area (Å²) in [5.41, 5.74) is -0.456. The lowest BCUT2D eigenvalue weighted by Crippen LogP contribution is -2.21. The third-order valence-corrected chi connectivity index (χ3v) is 3.16. The topological polar surface area (TPSA) is 116 Å². The summed E-state index contributed by atoms with van der Waals surface area (Å²) in [7, 11) is 1.66. The fraction of sp³-hybridized carbons (Fsp3) is 0.500. The molecule has 2 aromatic heterocycles. The quantitative estimate of drug-likeness (QED) is 0.545. The monoisotopic (exact) mass is 251 g/mol. The molecule has 8 nitrogen and oxygen atoms in total. The van der Waals surface area contributed by atoms with E-state index in [2.05, 4.69) is 25.3 Å². The summed E-state index contributed by atoms with van der Waals surface area (Å²) in [5, 5.41) is 3.25. The highest BCUT2D eigenvalue weighted by molar-refractivity contribution is 5.68. The van der Waals surface area contributed by atoms with Crippen molar-refractivity contribution in [2.24, 2.45) is 0 Å². The second kappa shape index (κ2) is 4.07. The van der Waals surface area contributed by atoms with E-state index >= 15 is 0 Å². The van der Waals surface area contributed by atoms with Crippen molar-refractivity contribution in [1.29, 1.82) is 0 Å². The molecule has 8 heteroatoms. The molecule has 0 spiro atoms. The van der Waals surface area contributed by atoms with Crippen LogP contribution in [0.1, 0.15) is 18.3 Å². The third kappa shape index (κ3) is 1.75. The van der Waals surface area contributed by atoms with Gasteiger partial charge < -0.3 is 15.0 Å². The van der Waals surface area contributed by atoms with Crippen LogP contribution in [0.25, 0.3) is 11.2 Å². The first-order chi connectivity index (χ1) is 8.67. The maximum Gasteiger partial charge on any atom is 0.327 e. The molecule has 1 aliphatic rings. The first-order valence-electron chi connectivity index (χ1n) is 5.66. The van der Waals surface area contributed by atoms with Crippen molar-refractivity contribution in [3.63, 3.8) is 0 Å². The van der Waals surface area contributed by atoms with E-state index < -0.39 is 11.2 Å². The molecule has 0 saturated carbocycles. The van der Waals surface area contributed by atoms with Crippen LogP contribution in [0.2, 0.25) is 0 Å². The Morgan fingerprint density at radius 3 is 2.83 bits per heavy atom. The van der Waals surface area contributed by atoms with Gasteiger partial charge in [-0.05, 0) is 6.42 Å². The summed E-state index contributed by atoms with van der Waals surface area (Å²) in [6.07, 6.45) is 0.916. The lowest BCUT2D eigenvalue weighted by atomic mass is 10.2. The molecule has 1 saturated heterocycles. The van der Waals surface area contributed by atoms with Crippen LogP contribution in [0.5, 0.6) is 0 Å². The smallest absolute Gasteiger partial charge is 0.327 e. The molecule has 2 unspecified atom stereocenters. The van der Waals surface area contributed by atoms with Gasteiger partial charge in [0.1, 0.15) is 11.3 Å². The van der Waals surface area contributed by atoms with Gasteiger partial charge >= 0.3 is 5.69 Å². The summed E-state index contributed by atoms with van der Waals surface area (Å²) in [6.45, 7) is 0.741. The Bertz CT molecular complexity index is 685. The van der Waals surface area contributed by atoms with Gasteiger partial charge in [0.25, 0.3) is 5.56 Å². The standard InChI is InChI=1S/C10H13N5O3/c1-18-4-2-5(11-3-4)7-12-6-8(13-7)14-10(17)15-9(6)16/h4-5,11H,2-3H2,1H3,(H3,12,13,14,15,16,17). The molecular formula is C10H13N5O3. The highest BCUT2D eigenvalue weighted by Crippen LogP contribution is 2.23. The van der Waals surface area contributed by atoms with Gasteiger partial charge in [0.2, 0.25) is 0 Å². The van der Waals surface area contributed by atoms with Crippen molar-refractivity contribution in [2.45, 2.75) is 18.6 Å². The van der Waals surface area contributed by atoms with Crippen molar-refractivity contribution < 1.29 is 4.74 Å². The van der Waals surface area contributed by atoms with E-state index in [1.165, 1.54) is 0 Å². The zero-order valence-electron chi connectivity index (χ0n) is 9.74. The fourth-order valence-electron chi connectivity index (χ4n) is 2.21. The Labute approximate surface area is 101 Å². The summed E-state index contributed by atoms with van der Waals surface area (Å²) < 4.78 is 5.25. The first-order valence-corrected chi connectivity index (χ1v) is 5.66. The molecule has 3 rings (SSSR count). The highest BCUT2D eigenvalue weighted by atomic mass is 16.5. The predicted octanol–water partition coefficient (Wildman–Crippen LogP) is -1.01. The van der Waals surface area contributed by atoms with Crippen LogP contribution in [-0.4, -0.2) is 39.7 Å². The molecule has 1 aliphatic heterocycles. The zero-order chi connectivity index (χ0) is 12.7. The van der Waals surface area contributed by atoms with E-state index in [4.69, 9.17) is 4.74 Å². The van der Waals surface area contributed by atoms with Crippen molar-refractivity contribution in [3.8, 4) is 0 Å². The van der Waals surface area contributed by atoms with E-state index in [0.29, 0.717) is 5.82 Å². The number of imidazole rings is 1. The van der Waals surface area contributed by atoms with E-state index in [1.807, 2.05) is 0 Å².